The Bertz CT molecular complexity index is 1680. The van der Waals surface area contributed by atoms with Gasteiger partial charge in [-0.05, 0) is 83.3 Å². The van der Waals surface area contributed by atoms with Gasteiger partial charge in [0.15, 0.2) is 14.6 Å². The number of nitrogens with one attached hydrogen (secondary N) is 2. The van der Waals surface area contributed by atoms with Crippen molar-refractivity contribution in [1.29, 1.82) is 0 Å². The highest BCUT2D eigenvalue weighted by Crippen LogP contribution is 2.51. The predicted molar refractivity (Wildman–Crippen MR) is 259 cm³/mol. The third kappa shape index (κ3) is 16.7. The first-order valence-electron chi connectivity index (χ1n) is 24.2. The number of amides is 3. The molecule has 66 heavy (non-hydrogen) atoms. The van der Waals surface area contributed by atoms with E-state index < -0.39 is 47.5 Å². The normalized spacial score (nSPS) is 26.6. The number of unbranched alkanes of at least 4 members (excludes halogenated alkanes) is 1. The fourth-order valence-corrected chi connectivity index (χ4v) is 11.2. The fraction of sp³-hybridized carbons (Fsp3) is 0.812. The number of hydrogen-bond donors (Lipinski definition) is 2. The molecule has 0 aromatic carbocycles. The molecule has 0 bridgehead atoms. The van der Waals surface area contributed by atoms with Crippen LogP contribution in [0.5, 0.6) is 0 Å². The summed E-state index contributed by atoms with van der Waals surface area (Å²) in [6.45, 7) is 42.3. The summed E-state index contributed by atoms with van der Waals surface area (Å²) in [6.07, 6.45) is 2.33. The molecule has 3 rings (SSSR count). The Morgan fingerprint density at radius 2 is 1.65 bits per heavy atom. The van der Waals surface area contributed by atoms with Crippen LogP contribution < -0.4 is 10.6 Å². The number of carbonyl (C=O) groups excluding carboxylic acids is 4. The van der Waals surface area contributed by atoms with Crippen LogP contribution in [0.1, 0.15) is 128 Å². The molecule has 7 unspecified atom stereocenters. The summed E-state index contributed by atoms with van der Waals surface area (Å²) in [5.74, 6) is 0.302. The van der Waals surface area contributed by atoms with E-state index >= 15 is 0 Å². The molecule has 0 spiro atoms. The topological polar surface area (TPSA) is 168 Å². The summed E-state index contributed by atoms with van der Waals surface area (Å²) in [5.41, 5.74) is 1.04. The zero-order valence-corrected chi connectivity index (χ0v) is 44.5. The number of esters is 1. The van der Waals surface area contributed by atoms with Crippen molar-refractivity contribution in [2.45, 2.75) is 195 Å². The van der Waals surface area contributed by atoms with Gasteiger partial charge in [-0.1, -0.05) is 55.0 Å². The molecule has 18 heteroatoms. The van der Waals surface area contributed by atoms with Crippen LogP contribution >= 0.6 is 8.53 Å². The minimum atomic E-state index is -2.45. The second kappa shape index (κ2) is 26.8. The average Bonchev–Trinajstić information content (AvgIpc) is 3.55. The molecule has 3 heterocycles. The van der Waals surface area contributed by atoms with Gasteiger partial charge in [-0.3, -0.25) is 19.3 Å². The van der Waals surface area contributed by atoms with Crippen molar-refractivity contribution >= 4 is 40.5 Å². The number of rotatable bonds is 27. The standard InChI is InChI=1S/C48H84N5O11PSi/c1-17-40-44(63-65(60-28-25-49-14)53(31(2)3)32(4)5)45(64-66(15,16)48(11,12)13)43(61-40)39-29-52(47(57)51-36(39)9)26-23-42(56)50-24-20-22-38(55)21-18-19-27-58-46-35(8)33(6)34(7)41(62-46)30-59-37(10)54/h29,31-35,40-41,43-46H,9,17-28,30H2,1-8,10-13,15-16H3,(H,50,56)(H,51,57)/t33?,34?,35?,40-,41?,43+,44?,45-,46?,65?/m1/s1. The quantitative estimate of drug-likeness (QED) is 0.0264. The van der Waals surface area contributed by atoms with Gasteiger partial charge in [0.05, 0.1) is 12.2 Å². The summed E-state index contributed by atoms with van der Waals surface area (Å²) < 4.78 is 47.1. The van der Waals surface area contributed by atoms with Crippen LogP contribution in [0, 0.1) is 24.3 Å². The van der Waals surface area contributed by atoms with E-state index in [9.17, 15) is 19.2 Å². The van der Waals surface area contributed by atoms with Crippen LogP contribution in [0.2, 0.25) is 18.1 Å². The molecule has 2 saturated heterocycles. The van der Waals surface area contributed by atoms with Crippen molar-refractivity contribution in [3.63, 3.8) is 0 Å². The van der Waals surface area contributed by atoms with Gasteiger partial charge in [0.1, 0.15) is 37.3 Å². The van der Waals surface area contributed by atoms with Gasteiger partial charge in [-0.2, -0.15) is 0 Å². The number of ether oxygens (including phenoxy) is 4. The van der Waals surface area contributed by atoms with Crippen molar-refractivity contribution in [2.24, 2.45) is 17.8 Å². The van der Waals surface area contributed by atoms with E-state index in [1.165, 1.54) is 11.8 Å². The second-order valence-electron chi connectivity index (χ2n) is 20.1. The summed E-state index contributed by atoms with van der Waals surface area (Å²) in [5, 5.41) is 5.65. The first-order chi connectivity index (χ1) is 30.9. The minimum absolute atomic E-state index is 0.0500. The van der Waals surface area contributed by atoms with Gasteiger partial charge < -0.3 is 47.9 Å². The van der Waals surface area contributed by atoms with E-state index in [0.717, 1.165) is 0 Å². The number of hydrogen-bond acceptors (Lipinski definition) is 12. The summed E-state index contributed by atoms with van der Waals surface area (Å²) in [7, 11) is -4.06. The van der Waals surface area contributed by atoms with Gasteiger partial charge in [0.2, 0.25) is 12.5 Å². The molecule has 0 aromatic heterocycles. The zero-order chi connectivity index (χ0) is 49.5. The van der Waals surface area contributed by atoms with Gasteiger partial charge in [0, 0.05) is 81.4 Å². The lowest BCUT2D eigenvalue weighted by molar-refractivity contribution is -0.255. The van der Waals surface area contributed by atoms with Gasteiger partial charge in [-0.15, -0.1) is 0 Å². The average molecular weight is 966 g/mol. The molecular formula is C48H84N5O11PSi. The van der Waals surface area contributed by atoms with Crippen molar-refractivity contribution < 1.29 is 51.6 Å². The number of urea groups is 1. The van der Waals surface area contributed by atoms with E-state index in [4.69, 9.17) is 39.0 Å². The van der Waals surface area contributed by atoms with Gasteiger partial charge in [-0.25, -0.2) is 16.0 Å². The third-order valence-electron chi connectivity index (χ3n) is 13.4. The van der Waals surface area contributed by atoms with E-state index in [2.05, 4.69) is 109 Å². The molecule has 3 amide bonds. The van der Waals surface area contributed by atoms with E-state index in [0.29, 0.717) is 68.9 Å². The zero-order valence-electron chi connectivity index (χ0n) is 42.6. The summed E-state index contributed by atoms with van der Waals surface area (Å²) in [4.78, 5) is 55.3. The van der Waals surface area contributed by atoms with Gasteiger partial charge >= 0.3 is 12.0 Å². The maximum absolute atomic E-state index is 13.3. The molecule has 0 aliphatic carbocycles. The molecule has 10 atom stereocenters. The van der Waals surface area contributed by atoms with Gasteiger partial charge in [0.25, 0.3) is 8.53 Å². The monoisotopic (exact) mass is 966 g/mol. The molecule has 2 N–H and O–H groups in total. The third-order valence-corrected chi connectivity index (χ3v) is 20.0. The van der Waals surface area contributed by atoms with Crippen LogP contribution in [0.3, 0.4) is 0 Å². The molecular weight excluding hydrogens is 882 g/mol. The number of carbonyl (C=O) groups is 4. The Morgan fingerprint density at radius 3 is 2.26 bits per heavy atom. The van der Waals surface area contributed by atoms with Crippen LogP contribution in [0.25, 0.3) is 4.85 Å². The van der Waals surface area contributed by atoms with E-state index in [-0.39, 0.29) is 91.5 Å². The Balaban J connectivity index is 1.59. The number of nitrogens with zero attached hydrogens (tertiary/aromatic N) is 3. The predicted octanol–water partition coefficient (Wildman–Crippen LogP) is 8.88. The molecule has 3 aliphatic heterocycles. The highest BCUT2D eigenvalue weighted by Gasteiger charge is 2.54. The first kappa shape index (κ1) is 57.5. The molecule has 16 nitrogen and oxygen atoms in total. The molecule has 2 fully saturated rings. The van der Waals surface area contributed by atoms with Crippen LogP contribution in [-0.2, 0) is 46.8 Å². The highest BCUT2D eigenvalue weighted by atomic mass is 31.2. The lowest BCUT2D eigenvalue weighted by Gasteiger charge is -2.43. The molecule has 0 saturated carbocycles. The summed E-state index contributed by atoms with van der Waals surface area (Å²) in [6, 6.07) is -0.196. The largest absolute Gasteiger partial charge is 0.463 e. The number of Topliss-reactive ketones (excluding diaryl/α,β-unsaturated/α-hetero) is 1. The Hall–Kier alpha value is -2.78. The van der Waals surface area contributed by atoms with Crippen molar-refractivity contribution in [2.75, 3.05) is 39.5 Å². The van der Waals surface area contributed by atoms with Crippen LogP contribution in [0.15, 0.2) is 24.0 Å². The lowest BCUT2D eigenvalue weighted by Crippen LogP contribution is -2.51. The molecule has 0 radical (unpaired) electrons. The Kier molecular flexibility index (Phi) is 23.4. The SMILES string of the molecule is [C-]#[N+]CCOP(OC1[C@@H](CC)O[C@@H](C2=CN(CCC(=O)NCCCC(=O)CCCCOC3OC(COC(C)=O)C(C)C(C)C3C)C(=O)NC2=C)[C@H]1O[Si](C)(C)C(C)(C)C)N(C(C)C)C(C)C. The van der Waals surface area contributed by atoms with Crippen molar-refractivity contribution in [3.8, 4) is 0 Å². The maximum Gasteiger partial charge on any atom is 0.325 e. The molecule has 376 valence electrons. The van der Waals surface area contributed by atoms with Crippen molar-refractivity contribution in [1.82, 2.24) is 20.2 Å². The number of ketones is 1. The van der Waals surface area contributed by atoms with Crippen LogP contribution in [-0.4, -0.2) is 130 Å². The van der Waals surface area contributed by atoms with Crippen LogP contribution in [0.4, 0.5) is 4.79 Å². The minimum Gasteiger partial charge on any atom is -0.463 e. The maximum atomic E-state index is 13.3. The van der Waals surface area contributed by atoms with Crippen molar-refractivity contribution in [3.05, 3.63) is 35.5 Å². The molecule has 0 aromatic rings. The Labute approximate surface area is 398 Å². The fourth-order valence-electron chi connectivity index (χ4n) is 8.10. The Morgan fingerprint density at radius 1 is 0.985 bits per heavy atom. The lowest BCUT2D eigenvalue weighted by atomic mass is 9.79. The first-order valence-corrected chi connectivity index (χ1v) is 28.2. The summed E-state index contributed by atoms with van der Waals surface area (Å²) >= 11 is 0. The van der Waals surface area contributed by atoms with E-state index in [1.807, 2.05) is 6.92 Å². The van der Waals surface area contributed by atoms with E-state index in [1.54, 1.807) is 6.20 Å². The second-order valence-corrected chi connectivity index (χ2v) is 26.3. The molecule has 3 aliphatic rings. The smallest absolute Gasteiger partial charge is 0.325 e. The highest BCUT2D eigenvalue weighted by molar-refractivity contribution is 7.44.